The molecule has 1 fully saturated rings. The van der Waals surface area contributed by atoms with Crippen molar-refractivity contribution in [2.45, 2.75) is 56.9 Å². The second kappa shape index (κ2) is 11.6. The van der Waals surface area contributed by atoms with Gasteiger partial charge in [-0.15, -0.1) is 0 Å². The maximum atomic E-state index is 12.2. The molecule has 5 atom stereocenters. The van der Waals surface area contributed by atoms with Crippen molar-refractivity contribution in [3.63, 3.8) is 0 Å². The highest BCUT2D eigenvalue weighted by Gasteiger charge is 2.56. The van der Waals surface area contributed by atoms with E-state index in [9.17, 15) is 15.0 Å². The van der Waals surface area contributed by atoms with Gasteiger partial charge in [-0.25, -0.2) is 4.79 Å². The van der Waals surface area contributed by atoms with E-state index in [0.717, 1.165) is 16.7 Å². The van der Waals surface area contributed by atoms with E-state index in [2.05, 4.69) is 0 Å². The Balaban J connectivity index is 1.61. The maximum absolute atomic E-state index is 12.2. The molecule has 1 aliphatic heterocycles. The van der Waals surface area contributed by atoms with Gasteiger partial charge < -0.3 is 29.2 Å². The molecule has 0 radical (unpaired) electrons. The Morgan fingerprint density at radius 1 is 0.743 bits per heavy atom. The third-order valence-corrected chi connectivity index (χ3v) is 5.90. The Kier molecular flexibility index (Phi) is 8.28. The van der Waals surface area contributed by atoms with Crippen LogP contribution in [0, 0.1) is 0 Å². The number of carboxylic acids is 1. The molecule has 3 aromatic carbocycles. The first-order valence-electron chi connectivity index (χ1n) is 11.5. The smallest absolute Gasteiger partial charge is 0.335 e. The molecular weight excluding hydrogens is 448 g/mol. The van der Waals surface area contributed by atoms with Gasteiger partial charge in [0.05, 0.1) is 19.8 Å². The van der Waals surface area contributed by atoms with Gasteiger partial charge in [0.15, 0.2) is 11.9 Å². The van der Waals surface area contributed by atoms with Gasteiger partial charge in [0.2, 0.25) is 0 Å². The number of rotatable bonds is 10. The molecule has 1 saturated heterocycles. The molecule has 1 aliphatic rings. The number of ether oxygens (including phenoxy) is 4. The van der Waals surface area contributed by atoms with Crippen LogP contribution in [0.3, 0.4) is 0 Å². The van der Waals surface area contributed by atoms with Crippen LogP contribution in [0.25, 0.3) is 0 Å². The summed E-state index contributed by atoms with van der Waals surface area (Å²) in [5.74, 6) is -3.18. The van der Waals surface area contributed by atoms with E-state index in [-0.39, 0.29) is 19.8 Å². The minimum atomic E-state index is -1.92. The summed E-state index contributed by atoms with van der Waals surface area (Å²) in [5.41, 5.74) is 2.67. The van der Waals surface area contributed by atoms with Crippen molar-refractivity contribution in [3.8, 4) is 0 Å². The fourth-order valence-corrected chi connectivity index (χ4v) is 4.14. The third kappa shape index (κ3) is 6.54. The molecule has 7 heteroatoms. The lowest BCUT2D eigenvalue weighted by Gasteiger charge is -2.47. The molecule has 1 heterocycles. The molecule has 0 amide bonds. The lowest BCUT2D eigenvalue weighted by molar-refractivity contribution is -0.354. The van der Waals surface area contributed by atoms with E-state index >= 15 is 0 Å². The molecular formula is C28H30O7. The van der Waals surface area contributed by atoms with Crippen LogP contribution >= 0.6 is 0 Å². The van der Waals surface area contributed by atoms with Crippen LogP contribution in [0.2, 0.25) is 0 Å². The van der Waals surface area contributed by atoms with Crippen LogP contribution < -0.4 is 0 Å². The van der Waals surface area contributed by atoms with Gasteiger partial charge in [0.1, 0.15) is 18.3 Å². The van der Waals surface area contributed by atoms with E-state index in [4.69, 9.17) is 18.9 Å². The number of hydrogen-bond donors (Lipinski definition) is 2. The van der Waals surface area contributed by atoms with Crippen molar-refractivity contribution < 1.29 is 34.0 Å². The van der Waals surface area contributed by atoms with Crippen molar-refractivity contribution in [2.75, 3.05) is 0 Å². The quantitative estimate of drug-likeness (QED) is 0.456. The molecule has 0 saturated carbocycles. The first-order valence-corrected chi connectivity index (χ1v) is 11.5. The first kappa shape index (κ1) is 25.0. The average Bonchev–Trinajstić information content (AvgIpc) is 2.87. The Labute approximate surface area is 204 Å². The summed E-state index contributed by atoms with van der Waals surface area (Å²) in [6.07, 6.45) is -4.42. The first-order chi connectivity index (χ1) is 16.9. The molecule has 2 N–H and O–H groups in total. The van der Waals surface area contributed by atoms with Crippen LogP contribution in [-0.2, 0) is 43.6 Å². The fourth-order valence-electron chi connectivity index (χ4n) is 4.14. The molecule has 0 aliphatic carbocycles. The highest BCUT2D eigenvalue weighted by molar-refractivity contribution is 5.73. The van der Waals surface area contributed by atoms with Gasteiger partial charge in [0.25, 0.3) is 0 Å². The Bertz CT molecular complexity index is 1060. The normalized spacial score (nSPS) is 26.3. The van der Waals surface area contributed by atoms with Crippen LogP contribution in [-0.4, -0.2) is 46.4 Å². The summed E-state index contributed by atoms with van der Waals surface area (Å²) in [6.45, 7) is 1.91. The van der Waals surface area contributed by atoms with Crippen molar-refractivity contribution >= 4 is 5.97 Å². The topological polar surface area (TPSA) is 94.5 Å². The number of aliphatic carboxylic acids is 1. The largest absolute Gasteiger partial charge is 0.479 e. The third-order valence-electron chi connectivity index (χ3n) is 5.90. The van der Waals surface area contributed by atoms with Gasteiger partial charge >= 0.3 is 5.97 Å². The van der Waals surface area contributed by atoms with Gasteiger partial charge in [0, 0.05) is 0 Å². The second-order valence-corrected chi connectivity index (χ2v) is 8.67. The summed E-state index contributed by atoms with van der Waals surface area (Å²) in [7, 11) is 0. The highest BCUT2D eigenvalue weighted by atomic mass is 16.7. The van der Waals surface area contributed by atoms with Gasteiger partial charge in [-0.3, -0.25) is 0 Å². The standard InChI is InChI=1S/C28H30O7/c1-28(31)26(34-19-22-15-9-4-10-16-22)24(33-18-21-13-7-3-8-14-21)23(25(35-28)27(29)30)32-17-20-11-5-2-6-12-20/h2-16,23-26,31H,17-19H2,1H3,(H,29,30)/t23-,24-,25-,26+,28-/m0/s1. The predicted octanol–water partition coefficient (Wildman–Crippen LogP) is 3.93. The molecule has 35 heavy (non-hydrogen) atoms. The zero-order valence-electron chi connectivity index (χ0n) is 19.5. The predicted molar refractivity (Wildman–Crippen MR) is 128 cm³/mol. The zero-order valence-corrected chi connectivity index (χ0v) is 19.5. The number of carboxylic acid groups (broad SMARTS) is 1. The monoisotopic (exact) mass is 478 g/mol. The molecule has 0 unspecified atom stereocenters. The number of carbonyl (C=O) groups is 1. The summed E-state index contributed by atoms with van der Waals surface area (Å²) in [6, 6.07) is 28.4. The minimum absolute atomic E-state index is 0.150. The van der Waals surface area contributed by atoms with Crippen molar-refractivity contribution in [3.05, 3.63) is 108 Å². The fraction of sp³-hybridized carbons (Fsp3) is 0.321. The number of benzene rings is 3. The van der Waals surface area contributed by atoms with Crippen LogP contribution in [0.1, 0.15) is 23.6 Å². The van der Waals surface area contributed by atoms with Crippen molar-refractivity contribution in [1.82, 2.24) is 0 Å². The summed E-state index contributed by atoms with van der Waals surface area (Å²) >= 11 is 0. The second-order valence-electron chi connectivity index (χ2n) is 8.67. The molecule has 0 aromatic heterocycles. The highest BCUT2D eigenvalue weighted by Crippen LogP contribution is 2.35. The Hall–Kier alpha value is -3.07. The van der Waals surface area contributed by atoms with E-state index in [1.54, 1.807) is 0 Å². The molecule has 0 spiro atoms. The molecule has 3 aromatic rings. The molecule has 7 nitrogen and oxygen atoms in total. The minimum Gasteiger partial charge on any atom is -0.479 e. The molecule has 0 bridgehead atoms. The van der Waals surface area contributed by atoms with E-state index < -0.39 is 36.2 Å². The Morgan fingerprint density at radius 2 is 1.14 bits per heavy atom. The Morgan fingerprint density at radius 3 is 1.57 bits per heavy atom. The van der Waals surface area contributed by atoms with Gasteiger partial charge in [-0.2, -0.15) is 0 Å². The zero-order chi connectivity index (χ0) is 24.7. The number of aliphatic hydroxyl groups is 1. The molecule has 4 rings (SSSR count). The van der Waals surface area contributed by atoms with E-state index in [0.29, 0.717) is 0 Å². The number of hydrogen-bond acceptors (Lipinski definition) is 6. The van der Waals surface area contributed by atoms with Gasteiger partial charge in [-0.1, -0.05) is 91.0 Å². The maximum Gasteiger partial charge on any atom is 0.335 e. The summed E-state index contributed by atoms with van der Waals surface area (Å²) < 4.78 is 24.1. The summed E-state index contributed by atoms with van der Waals surface area (Å²) in [4.78, 5) is 12.2. The lowest BCUT2D eigenvalue weighted by atomic mass is 9.92. The van der Waals surface area contributed by atoms with E-state index in [1.165, 1.54) is 6.92 Å². The lowest BCUT2D eigenvalue weighted by Crippen LogP contribution is -2.66. The average molecular weight is 479 g/mol. The summed E-state index contributed by atoms with van der Waals surface area (Å²) in [5, 5.41) is 21.1. The van der Waals surface area contributed by atoms with Crippen LogP contribution in [0.4, 0.5) is 0 Å². The van der Waals surface area contributed by atoms with E-state index in [1.807, 2.05) is 91.0 Å². The van der Waals surface area contributed by atoms with Crippen LogP contribution in [0.5, 0.6) is 0 Å². The molecule has 184 valence electrons. The van der Waals surface area contributed by atoms with Gasteiger partial charge in [-0.05, 0) is 23.6 Å². The SMILES string of the molecule is C[C@]1(O)O[C@H](C(=O)O)[C@@H](OCc2ccccc2)[C@H](OCc2ccccc2)[C@H]1OCc1ccccc1. The van der Waals surface area contributed by atoms with Crippen molar-refractivity contribution in [2.24, 2.45) is 0 Å². The van der Waals surface area contributed by atoms with Crippen molar-refractivity contribution in [1.29, 1.82) is 0 Å². The van der Waals surface area contributed by atoms with Crippen LogP contribution in [0.15, 0.2) is 91.0 Å².